The van der Waals surface area contributed by atoms with Gasteiger partial charge in [-0.3, -0.25) is 0 Å². The minimum Gasteiger partial charge on any atom is -0.487 e. The summed E-state index contributed by atoms with van der Waals surface area (Å²) >= 11 is 0. The summed E-state index contributed by atoms with van der Waals surface area (Å²) in [7, 11) is 0. The minimum atomic E-state index is -5.75. The van der Waals surface area contributed by atoms with Crippen molar-refractivity contribution in [3.8, 4) is 11.5 Å². The van der Waals surface area contributed by atoms with E-state index in [1.165, 1.54) is 18.2 Å². The number of nitrogen functional groups attached to an aromatic ring is 2. The topological polar surface area (TPSA) is 125 Å². The highest BCUT2D eigenvalue weighted by molar-refractivity contribution is 5.92. The van der Waals surface area contributed by atoms with E-state index in [0.717, 1.165) is 29.8 Å². The molecule has 3 rings (SSSR count). The molecular formula is C27H23F5N2O5. The van der Waals surface area contributed by atoms with Crippen LogP contribution in [-0.4, -0.2) is 35.8 Å². The van der Waals surface area contributed by atoms with Gasteiger partial charge in [0.15, 0.2) is 6.61 Å². The maximum Gasteiger partial charge on any atom is 0.456 e. The van der Waals surface area contributed by atoms with Gasteiger partial charge in [0.1, 0.15) is 11.5 Å². The van der Waals surface area contributed by atoms with Crippen LogP contribution in [0.1, 0.15) is 27.9 Å². The Morgan fingerprint density at radius 1 is 0.872 bits per heavy atom. The quantitative estimate of drug-likeness (QED) is 0.0966. The molecule has 0 aliphatic rings. The van der Waals surface area contributed by atoms with Crippen LogP contribution in [0, 0.1) is 0 Å². The molecule has 12 heteroatoms. The van der Waals surface area contributed by atoms with Crippen molar-refractivity contribution in [1.82, 2.24) is 0 Å². The molecule has 0 saturated heterocycles. The number of ether oxygens (including phenoxy) is 2. The van der Waals surface area contributed by atoms with Gasteiger partial charge in [0, 0.05) is 16.9 Å². The summed E-state index contributed by atoms with van der Waals surface area (Å²) in [5, 5.41) is 9.57. The first-order chi connectivity index (χ1) is 18.2. The van der Waals surface area contributed by atoms with E-state index in [9.17, 15) is 36.6 Å². The Balaban J connectivity index is 1.60. The van der Waals surface area contributed by atoms with E-state index in [4.69, 9.17) is 16.2 Å². The lowest BCUT2D eigenvalue weighted by atomic mass is 10.0. The fourth-order valence-corrected chi connectivity index (χ4v) is 3.29. The number of aliphatic carboxylic acids is 1. The first-order valence-corrected chi connectivity index (χ1v) is 11.3. The molecule has 0 radical (unpaired) electrons. The average Bonchev–Trinajstić information content (AvgIpc) is 2.86. The molecule has 0 aromatic heterocycles. The van der Waals surface area contributed by atoms with Crippen LogP contribution in [0.5, 0.6) is 11.5 Å². The second kappa shape index (κ2) is 11.8. The van der Waals surface area contributed by atoms with E-state index < -0.39 is 30.6 Å². The number of hydrogen-bond donors (Lipinski definition) is 3. The lowest BCUT2D eigenvalue weighted by Crippen LogP contribution is -2.41. The molecule has 0 aliphatic carbocycles. The van der Waals surface area contributed by atoms with Crippen molar-refractivity contribution in [2.75, 3.05) is 18.1 Å². The van der Waals surface area contributed by atoms with E-state index in [-0.39, 0.29) is 29.1 Å². The van der Waals surface area contributed by atoms with Gasteiger partial charge in [-0.1, -0.05) is 18.2 Å². The number of carboxylic acid groups (broad SMARTS) is 1. The number of benzene rings is 3. The summed E-state index contributed by atoms with van der Waals surface area (Å²) in [5.41, 5.74) is 14.0. The summed E-state index contributed by atoms with van der Waals surface area (Å²) < 4.78 is 72.3. The summed E-state index contributed by atoms with van der Waals surface area (Å²) in [6.07, 6.45) is -3.69. The molecule has 3 aromatic carbocycles. The lowest BCUT2D eigenvalue weighted by molar-refractivity contribution is -0.290. The van der Waals surface area contributed by atoms with Gasteiger partial charge in [-0.25, -0.2) is 9.59 Å². The van der Waals surface area contributed by atoms with Crippen LogP contribution in [0.4, 0.5) is 33.3 Å². The number of hydrogen-bond acceptors (Lipinski definition) is 6. The third-order valence-electron chi connectivity index (χ3n) is 5.46. The van der Waals surface area contributed by atoms with Crippen LogP contribution in [0.15, 0.2) is 72.3 Å². The smallest absolute Gasteiger partial charge is 0.456 e. The second-order valence-corrected chi connectivity index (χ2v) is 8.41. The molecule has 0 spiro atoms. The second-order valence-electron chi connectivity index (χ2n) is 8.41. The van der Waals surface area contributed by atoms with Crippen LogP contribution >= 0.6 is 0 Å². The molecule has 0 bridgehead atoms. The summed E-state index contributed by atoms with van der Waals surface area (Å²) in [6.45, 7) is -1.90. The van der Waals surface area contributed by atoms with E-state index in [1.807, 2.05) is 0 Å². The predicted molar refractivity (Wildman–Crippen MR) is 134 cm³/mol. The molecule has 3 aromatic rings. The summed E-state index contributed by atoms with van der Waals surface area (Å²) in [5.74, 6) is -7.11. The van der Waals surface area contributed by atoms with Crippen molar-refractivity contribution in [1.29, 1.82) is 0 Å². The van der Waals surface area contributed by atoms with Gasteiger partial charge >= 0.3 is 24.0 Å². The maximum absolute atomic E-state index is 13.0. The van der Waals surface area contributed by atoms with Crippen molar-refractivity contribution in [2.45, 2.75) is 24.9 Å². The zero-order chi connectivity index (χ0) is 28.8. The molecule has 0 aliphatic heterocycles. The van der Waals surface area contributed by atoms with Gasteiger partial charge in [-0.2, -0.15) is 22.0 Å². The Kier molecular flexibility index (Phi) is 8.79. The highest BCUT2D eigenvalue weighted by atomic mass is 19.4. The largest absolute Gasteiger partial charge is 0.487 e. The van der Waals surface area contributed by atoms with Crippen molar-refractivity contribution in [3.63, 3.8) is 0 Å². The first-order valence-electron chi connectivity index (χ1n) is 11.3. The number of rotatable bonds is 10. The van der Waals surface area contributed by atoms with Crippen molar-refractivity contribution < 1.29 is 46.1 Å². The molecule has 0 fully saturated rings. The van der Waals surface area contributed by atoms with Crippen LogP contribution in [0.3, 0.4) is 0 Å². The molecule has 0 heterocycles. The average molecular weight is 550 g/mol. The third-order valence-corrected chi connectivity index (χ3v) is 5.46. The Hall–Kier alpha value is -4.61. The number of esters is 1. The van der Waals surface area contributed by atoms with Gasteiger partial charge in [0.2, 0.25) is 0 Å². The van der Waals surface area contributed by atoms with E-state index in [2.05, 4.69) is 4.74 Å². The Labute approximate surface area is 219 Å². The molecule has 0 unspecified atom stereocenters. The van der Waals surface area contributed by atoms with Crippen LogP contribution in [-0.2, 0) is 11.2 Å². The molecule has 0 saturated carbocycles. The van der Waals surface area contributed by atoms with E-state index in [0.29, 0.717) is 23.4 Å². The van der Waals surface area contributed by atoms with Gasteiger partial charge in [-0.05, 0) is 78.6 Å². The monoisotopic (exact) mass is 550 g/mol. The fraction of sp³-hybridized carbons (Fsp3) is 0.185. The Morgan fingerprint density at radius 2 is 1.49 bits per heavy atom. The number of halogens is 5. The zero-order valence-corrected chi connectivity index (χ0v) is 20.2. The van der Waals surface area contributed by atoms with E-state index in [1.54, 1.807) is 30.3 Å². The molecule has 7 nitrogen and oxygen atoms in total. The lowest BCUT2D eigenvalue weighted by Gasteiger charge is -2.19. The number of nitrogens with two attached hydrogens (primary N) is 2. The van der Waals surface area contributed by atoms with Gasteiger partial charge < -0.3 is 26.0 Å². The Bertz CT molecular complexity index is 1350. The number of aryl methyl sites for hydroxylation is 1. The SMILES string of the molecule is Nc1ccc(CC/C(=C\c2ccc(OC(=O)c3ccc(OCC(F)(F)C(F)(F)F)cc3)cc2)C(=O)O)c(N)c1. The maximum atomic E-state index is 13.0. The van der Waals surface area contributed by atoms with Gasteiger partial charge in [0.05, 0.1) is 5.56 Å². The number of carbonyl (C=O) groups excluding carboxylic acids is 1. The third kappa shape index (κ3) is 7.94. The number of carbonyl (C=O) groups is 2. The first kappa shape index (κ1) is 29.0. The van der Waals surface area contributed by atoms with Crippen molar-refractivity contribution in [3.05, 3.63) is 89.0 Å². The molecule has 206 valence electrons. The molecule has 0 atom stereocenters. The predicted octanol–water partition coefficient (Wildman–Crippen LogP) is 5.75. The zero-order valence-electron chi connectivity index (χ0n) is 20.2. The highest BCUT2D eigenvalue weighted by Gasteiger charge is 2.58. The van der Waals surface area contributed by atoms with E-state index >= 15 is 0 Å². The van der Waals surface area contributed by atoms with Gasteiger partial charge in [0.25, 0.3) is 0 Å². The van der Waals surface area contributed by atoms with Crippen molar-refractivity contribution in [2.24, 2.45) is 0 Å². The number of carboxylic acids is 1. The fourth-order valence-electron chi connectivity index (χ4n) is 3.29. The molecule has 39 heavy (non-hydrogen) atoms. The van der Waals surface area contributed by atoms with Crippen molar-refractivity contribution >= 4 is 29.4 Å². The number of alkyl halides is 5. The minimum absolute atomic E-state index is 0.0102. The van der Waals surface area contributed by atoms with Crippen LogP contribution in [0.25, 0.3) is 6.08 Å². The van der Waals surface area contributed by atoms with Crippen LogP contribution < -0.4 is 20.9 Å². The normalized spacial score (nSPS) is 12.2. The van der Waals surface area contributed by atoms with Gasteiger partial charge in [-0.15, -0.1) is 0 Å². The number of anilines is 2. The summed E-state index contributed by atoms with van der Waals surface area (Å²) in [4.78, 5) is 24.1. The molecule has 5 N–H and O–H groups in total. The molecule has 0 amide bonds. The highest BCUT2D eigenvalue weighted by Crippen LogP contribution is 2.35. The van der Waals surface area contributed by atoms with Crippen LogP contribution in [0.2, 0.25) is 0 Å². The summed E-state index contributed by atoms with van der Waals surface area (Å²) in [6, 6.07) is 15.4. The standard InChI is InChI=1S/C27H23F5N2O5/c28-26(29,27(30,31)32)15-38-21-11-6-18(7-12-21)25(37)39-22-9-1-16(2-10-22)13-19(24(35)36)4-3-17-5-8-20(33)14-23(17)34/h1-2,5-14H,3-4,15,33-34H2,(H,35,36)/b19-13+. The molecular weight excluding hydrogens is 527 g/mol. The Morgan fingerprint density at radius 3 is 2.05 bits per heavy atom.